The lowest BCUT2D eigenvalue weighted by molar-refractivity contribution is -0.143. The minimum absolute atomic E-state index is 0.0605. The Kier molecular flexibility index (Phi) is 5.30. The smallest absolute Gasteiger partial charge is 0.417 e. The standard InChI is InChI=1S/C18H15F3N4O3/c1-2-28-15(26)10-25-13-6-4-3-5-12(13)16(17(25)27)24-23-14-8-7-11(9-22-14)18(19,20)21/h3-9,27H,2,10H2,1H3. The summed E-state index contributed by atoms with van der Waals surface area (Å²) in [6.07, 6.45) is -3.85. The van der Waals surface area contributed by atoms with Crippen LogP contribution in [-0.2, 0) is 22.3 Å². The van der Waals surface area contributed by atoms with Crippen LogP contribution in [-0.4, -0.2) is 27.2 Å². The van der Waals surface area contributed by atoms with Gasteiger partial charge in [0.2, 0.25) is 5.88 Å². The molecule has 28 heavy (non-hydrogen) atoms. The molecule has 1 aromatic carbocycles. The zero-order valence-electron chi connectivity index (χ0n) is 14.6. The molecular weight excluding hydrogens is 377 g/mol. The number of rotatable bonds is 5. The first-order chi connectivity index (χ1) is 13.3. The van der Waals surface area contributed by atoms with Crippen LogP contribution in [0.15, 0.2) is 52.8 Å². The van der Waals surface area contributed by atoms with Gasteiger partial charge in [0, 0.05) is 11.6 Å². The fourth-order valence-corrected chi connectivity index (χ4v) is 2.58. The first-order valence-corrected chi connectivity index (χ1v) is 8.22. The van der Waals surface area contributed by atoms with Crippen molar-refractivity contribution in [2.45, 2.75) is 19.6 Å². The Morgan fingerprint density at radius 3 is 2.61 bits per heavy atom. The van der Waals surface area contributed by atoms with Crippen LogP contribution in [0.1, 0.15) is 12.5 Å². The largest absolute Gasteiger partial charge is 0.493 e. The lowest BCUT2D eigenvalue weighted by Gasteiger charge is -2.06. The van der Waals surface area contributed by atoms with Crippen molar-refractivity contribution in [1.82, 2.24) is 9.55 Å². The Bertz CT molecular complexity index is 1030. The number of esters is 1. The lowest BCUT2D eigenvalue weighted by atomic mass is 10.2. The van der Waals surface area contributed by atoms with Crippen LogP contribution in [0.4, 0.5) is 24.7 Å². The Hall–Kier alpha value is -3.43. The molecule has 0 aliphatic rings. The van der Waals surface area contributed by atoms with Crippen molar-refractivity contribution < 1.29 is 27.8 Å². The topological polar surface area (TPSA) is 89.1 Å². The SMILES string of the molecule is CCOC(=O)Cn1c(O)c(N=Nc2ccc(C(F)(F)F)cn2)c2ccccc21. The number of aromatic hydroxyl groups is 1. The predicted molar refractivity (Wildman–Crippen MR) is 93.7 cm³/mol. The molecule has 0 amide bonds. The van der Waals surface area contributed by atoms with Crippen molar-refractivity contribution in [1.29, 1.82) is 0 Å². The van der Waals surface area contributed by atoms with E-state index in [4.69, 9.17) is 4.74 Å². The number of carbonyl (C=O) groups is 1. The number of carbonyl (C=O) groups excluding carboxylic acids is 1. The second-order valence-corrected chi connectivity index (χ2v) is 5.68. The van der Waals surface area contributed by atoms with Crippen LogP contribution in [0.3, 0.4) is 0 Å². The molecule has 1 N–H and O–H groups in total. The molecule has 3 aromatic rings. The highest BCUT2D eigenvalue weighted by molar-refractivity contribution is 5.95. The van der Waals surface area contributed by atoms with E-state index in [2.05, 4.69) is 15.2 Å². The second-order valence-electron chi connectivity index (χ2n) is 5.68. The third-order valence-electron chi connectivity index (χ3n) is 3.84. The number of ether oxygens (including phenoxy) is 1. The number of para-hydroxylation sites is 1. The summed E-state index contributed by atoms with van der Waals surface area (Å²) in [5.41, 5.74) is -0.302. The van der Waals surface area contributed by atoms with Gasteiger partial charge in [0.15, 0.2) is 11.5 Å². The molecular formula is C18H15F3N4O3. The zero-order valence-corrected chi connectivity index (χ0v) is 14.6. The van der Waals surface area contributed by atoms with Gasteiger partial charge >= 0.3 is 12.1 Å². The normalized spacial score (nSPS) is 12.0. The average molecular weight is 392 g/mol. The summed E-state index contributed by atoms with van der Waals surface area (Å²) in [4.78, 5) is 15.4. The van der Waals surface area contributed by atoms with Crippen LogP contribution in [0.5, 0.6) is 5.88 Å². The number of pyridine rings is 1. The first-order valence-electron chi connectivity index (χ1n) is 8.22. The minimum Gasteiger partial charge on any atom is -0.493 e. The van der Waals surface area contributed by atoms with E-state index < -0.39 is 17.7 Å². The first kappa shape index (κ1) is 19.3. The van der Waals surface area contributed by atoms with Gasteiger partial charge in [0.05, 0.1) is 17.7 Å². The van der Waals surface area contributed by atoms with Crippen LogP contribution in [0.2, 0.25) is 0 Å². The van der Waals surface area contributed by atoms with Gasteiger partial charge in [-0.15, -0.1) is 10.2 Å². The summed E-state index contributed by atoms with van der Waals surface area (Å²) >= 11 is 0. The molecule has 0 aliphatic heterocycles. The highest BCUT2D eigenvalue weighted by Crippen LogP contribution is 2.39. The number of halogens is 3. The molecule has 0 aliphatic carbocycles. The number of alkyl halides is 3. The van der Waals surface area contributed by atoms with Gasteiger partial charge in [-0.3, -0.25) is 9.36 Å². The van der Waals surface area contributed by atoms with Crippen LogP contribution < -0.4 is 0 Å². The van der Waals surface area contributed by atoms with Gasteiger partial charge in [-0.1, -0.05) is 18.2 Å². The fraction of sp³-hybridized carbons (Fsp3) is 0.222. The summed E-state index contributed by atoms with van der Waals surface area (Å²) in [6.45, 7) is 1.64. The molecule has 0 fully saturated rings. The van der Waals surface area contributed by atoms with Gasteiger partial charge in [-0.05, 0) is 25.1 Å². The molecule has 0 atom stereocenters. The Morgan fingerprint density at radius 1 is 1.21 bits per heavy atom. The van der Waals surface area contributed by atoms with Crippen molar-refractivity contribution in [3.8, 4) is 5.88 Å². The summed E-state index contributed by atoms with van der Waals surface area (Å²) < 4.78 is 44.0. The third kappa shape index (κ3) is 3.95. The molecule has 10 heteroatoms. The van der Waals surface area contributed by atoms with E-state index in [1.165, 1.54) is 4.57 Å². The van der Waals surface area contributed by atoms with Gasteiger partial charge in [-0.25, -0.2) is 4.98 Å². The molecule has 0 saturated heterocycles. The van der Waals surface area contributed by atoms with E-state index in [1.54, 1.807) is 31.2 Å². The summed E-state index contributed by atoms with van der Waals surface area (Å²) in [6, 6.07) is 8.70. The maximum absolute atomic E-state index is 12.6. The van der Waals surface area contributed by atoms with E-state index >= 15 is 0 Å². The summed E-state index contributed by atoms with van der Waals surface area (Å²) in [5.74, 6) is -0.911. The highest BCUT2D eigenvalue weighted by atomic mass is 19.4. The van der Waals surface area contributed by atoms with Crippen LogP contribution >= 0.6 is 0 Å². The highest BCUT2D eigenvalue weighted by Gasteiger charge is 2.30. The number of azo groups is 1. The van der Waals surface area contributed by atoms with Gasteiger partial charge in [-0.2, -0.15) is 13.2 Å². The summed E-state index contributed by atoms with van der Waals surface area (Å²) in [7, 11) is 0. The predicted octanol–water partition coefficient (Wildman–Crippen LogP) is 4.74. The monoisotopic (exact) mass is 392 g/mol. The second kappa shape index (κ2) is 7.67. The molecule has 0 unspecified atom stereocenters. The number of hydrogen-bond acceptors (Lipinski definition) is 6. The molecule has 7 nitrogen and oxygen atoms in total. The summed E-state index contributed by atoms with van der Waals surface area (Å²) in [5, 5.41) is 18.7. The molecule has 2 aromatic heterocycles. The van der Waals surface area contributed by atoms with E-state index in [0.717, 1.165) is 12.1 Å². The molecule has 3 rings (SSSR count). The fourth-order valence-electron chi connectivity index (χ4n) is 2.58. The van der Waals surface area contributed by atoms with E-state index in [9.17, 15) is 23.1 Å². The zero-order chi connectivity index (χ0) is 20.3. The quantitative estimate of drug-likeness (QED) is 0.502. The molecule has 146 valence electrons. The van der Waals surface area contributed by atoms with E-state index in [0.29, 0.717) is 17.1 Å². The number of hydrogen-bond donors (Lipinski definition) is 1. The number of fused-ring (bicyclic) bond motifs is 1. The van der Waals surface area contributed by atoms with Gasteiger partial charge in [0.1, 0.15) is 6.54 Å². The number of benzene rings is 1. The van der Waals surface area contributed by atoms with E-state index in [1.807, 2.05) is 0 Å². The van der Waals surface area contributed by atoms with Gasteiger partial charge in [0.25, 0.3) is 0 Å². The average Bonchev–Trinajstić information content (AvgIpc) is 2.91. The lowest BCUT2D eigenvalue weighted by Crippen LogP contribution is -2.12. The maximum Gasteiger partial charge on any atom is 0.417 e. The molecule has 0 spiro atoms. The molecule has 0 bridgehead atoms. The van der Waals surface area contributed by atoms with Crippen molar-refractivity contribution in [3.05, 3.63) is 48.2 Å². The van der Waals surface area contributed by atoms with Crippen molar-refractivity contribution in [3.63, 3.8) is 0 Å². The molecule has 0 saturated carbocycles. The number of aromatic nitrogens is 2. The van der Waals surface area contributed by atoms with Gasteiger partial charge < -0.3 is 9.84 Å². The van der Waals surface area contributed by atoms with Crippen molar-refractivity contribution in [2.24, 2.45) is 10.2 Å². The molecule has 2 heterocycles. The maximum atomic E-state index is 12.6. The van der Waals surface area contributed by atoms with Crippen LogP contribution in [0, 0.1) is 0 Å². The van der Waals surface area contributed by atoms with Crippen LogP contribution in [0.25, 0.3) is 10.9 Å². The van der Waals surface area contributed by atoms with E-state index in [-0.39, 0.29) is 30.5 Å². The minimum atomic E-state index is -4.50. The van der Waals surface area contributed by atoms with Crippen molar-refractivity contribution in [2.75, 3.05) is 6.61 Å². The van der Waals surface area contributed by atoms with Crippen molar-refractivity contribution >= 4 is 28.4 Å². The number of nitrogens with zero attached hydrogens (tertiary/aromatic N) is 4. The Morgan fingerprint density at radius 2 is 1.96 bits per heavy atom. The molecule has 0 radical (unpaired) electrons. The Balaban J connectivity index is 1.96. The third-order valence-corrected chi connectivity index (χ3v) is 3.84. The Labute approximate surface area is 157 Å².